The van der Waals surface area contributed by atoms with Gasteiger partial charge in [-0.15, -0.1) is 0 Å². The van der Waals surface area contributed by atoms with Gasteiger partial charge in [0.05, 0.1) is 10.7 Å². The second-order valence-corrected chi connectivity index (χ2v) is 6.17. The Balaban J connectivity index is 2.10. The number of rotatable bonds is 4. The molecule has 2 aromatic carbocycles. The van der Waals surface area contributed by atoms with Crippen LogP contribution in [0.25, 0.3) is 0 Å². The number of carbonyl (C=O) groups excluding carboxylic acids is 1. The minimum Gasteiger partial charge on any atom is -0.399 e. The Kier molecular flexibility index (Phi) is 5.84. The standard InChI is InChI=1S/C16H12ClIN4O/c17-14-7-12(20)3-6-15(14)22-16(23)10(8-19)9-21-13-4-1-11(18)2-5-13/h1-7,9,21H,20H2,(H,22,23)/b10-9-. The van der Waals surface area contributed by atoms with Crippen LogP contribution >= 0.6 is 34.2 Å². The van der Waals surface area contributed by atoms with Crippen LogP contribution in [0.15, 0.2) is 54.2 Å². The van der Waals surface area contributed by atoms with Crippen LogP contribution in [0.1, 0.15) is 0 Å². The van der Waals surface area contributed by atoms with E-state index in [1.54, 1.807) is 12.1 Å². The van der Waals surface area contributed by atoms with Gasteiger partial charge in [0.25, 0.3) is 5.91 Å². The first kappa shape index (κ1) is 17.1. The third-order valence-electron chi connectivity index (χ3n) is 2.83. The van der Waals surface area contributed by atoms with Crippen LogP contribution in [-0.4, -0.2) is 5.91 Å². The molecule has 23 heavy (non-hydrogen) atoms. The number of nitrogens with two attached hydrogens (primary N) is 1. The van der Waals surface area contributed by atoms with Gasteiger partial charge in [0.15, 0.2) is 0 Å². The summed E-state index contributed by atoms with van der Waals surface area (Å²) in [6.07, 6.45) is 1.35. The Labute approximate surface area is 152 Å². The summed E-state index contributed by atoms with van der Waals surface area (Å²) in [5.74, 6) is -0.558. The van der Waals surface area contributed by atoms with E-state index in [-0.39, 0.29) is 5.57 Å². The average Bonchev–Trinajstić information content (AvgIpc) is 2.52. The number of halogens is 2. The smallest absolute Gasteiger partial charge is 0.267 e. The van der Waals surface area contributed by atoms with Crippen molar-refractivity contribution in [2.75, 3.05) is 16.4 Å². The van der Waals surface area contributed by atoms with Gasteiger partial charge in [0.2, 0.25) is 0 Å². The number of carbonyl (C=O) groups is 1. The zero-order chi connectivity index (χ0) is 16.8. The highest BCUT2D eigenvalue weighted by molar-refractivity contribution is 14.1. The predicted octanol–water partition coefficient (Wildman–Crippen LogP) is 3.98. The fourth-order valence-corrected chi connectivity index (χ4v) is 2.27. The van der Waals surface area contributed by atoms with Crippen LogP contribution in [0, 0.1) is 14.9 Å². The Morgan fingerprint density at radius 2 is 1.96 bits per heavy atom. The number of nitrogen functional groups attached to an aromatic ring is 1. The van der Waals surface area contributed by atoms with E-state index >= 15 is 0 Å². The summed E-state index contributed by atoms with van der Waals surface area (Å²) in [4.78, 5) is 12.1. The van der Waals surface area contributed by atoms with Gasteiger partial charge >= 0.3 is 0 Å². The van der Waals surface area contributed by atoms with Gasteiger partial charge in [-0.3, -0.25) is 4.79 Å². The lowest BCUT2D eigenvalue weighted by molar-refractivity contribution is -0.112. The highest BCUT2D eigenvalue weighted by Gasteiger charge is 2.11. The minimum atomic E-state index is -0.558. The quantitative estimate of drug-likeness (QED) is 0.291. The number of hydrogen-bond acceptors (Lipinski definition) is 4. The minimum absolute atomic E-state index is 0.0727. The fourth-order valence-electron chi connectivity index (χ4n) is 1.67. The summed E-state index contributed by atoms with van der Waals surface area (Å²) in [5, 5.41) is 14.9. The third kappa shape index (κ3) is 4.87. The second-order valence-electron chi connectivity index (χ2n) is 4.51. The van der Waals surface area contributed by atoms with Crippen LogP contribution in [0.2, 0.25) is 5.02 Å². The molecule has 0 aliphatic rings. The predicted molar refractivity (Wildman–Crippen MR) is 101 cm³/mol. The summed E-state index contributed by atoms with van der Waals surface area (Å²) < 4.78 is 1.09. The van der Waals surface area contributed by atoms with Crippen molar-refractivity contribution in [2.45, 2.75) is 0 Å². The number of amides is 1. The van der Waals surface area contributed by atoms with E-state index in [0.29, 0.717) is 16.4 Å². The van der Waals surface area contributed by atoms with Crippen molar-refractivity contribution in [3.8, 4) is 6.07 Å². The van der Waals surface area contributed by atoms with Crippen molar-refractivity contribution in [1.82, 2.24) is 0 Å². The Morgan fingerprint density at radius 1 is 1.26 bits per heavy atom. The molecule has 0 aromatic heterocycles. The lowest BCUT2D eigenvalue weighted by Crippen LogP contribution is -2.15. The lowest BCUT2D eigenvalue weighted by atomic mass is 10.2. The first-order valence-corrected chi connectivity index (χ1v) is 7.94. The average molecular weight is 439 g/mol. The largest absolute Gasteiger partial charge is 0.399 e. The molecule has 0 unspecified atom stereocenters. The molecule has 0 aliphatic heterocycles. The SMILES string of the molecule is N#C/C(=C/Nc1ccc(I)cc1)C(=O)Nc1ccc(N)cc1Cl. The lowest BCUT2D eigenvalue weighted by Gasteiger charge is -2.07. The molecular weight excluding hydrogens is 427 g/mol. The Morgan fingerprint density at radius 3 is 2.57 bits per heavy atom. The number of hydrogen-bond donors (Lipinski definition) is 3. The summed E-state index contributed by atoms with van der Waals surface area (Å²) in [6.45, 7) is 0. The zero-order valence-corrected chi connectivity index (χ0v) is 14.7. The van der Waals surface area contributed by atoms with Gasteiger partial charge in [-0.05, 0) is 65.1 Å². The molecule has 5 nitrogen and oxygen atoms in total. The van der Waals surface area contributed by atoms with E-state index < -0.39 is 5.91 Å². The van der Waals surface area contributed by atoms with E-state index in [2.05, 4.69) is 33.2 Å². The fraction of sp³-hybridized carbons (Fsp3) is 0. The summed E-state index contributed by atoms with van der Waals surface area (Å²) in [5.41, 5.74) is 7.18. The van der Waals surface area contributed by atoms with Gasteiger partial charge in [-0.25, -0.2) is 0 Å². The molecular formula is C16H12ClIN4O. The van der Waals surface area contributed by atoms with Gasteiger partial charge < -0.3 is 16.4 Å². The van der Waals surface area contributed by atoms with Gasteiger partial charge in [0, 0.05) is 21.1 Å². The maximum Gasteiger partial charge on any atom is 0.267 e. The maximum absolute atomic E-state index is 12.1. The zero-order valence-electron chi connectivity index (χ0n) is 11.8. The van der Waals surface area contributed by atoms with Gasteiger partial charge in [-0.2, -0.15) is 5.26 Å². The molecule has 0 spiro atoms. The highest BCUT2D eigenvalue weighted by atomic mass is 127. The van der Waals surface area contributed by atoms with Crippen LogP contribution in [0.3, 0.4) is 0 Å². The van der Waals surface area contributed by atoms with Crippen molar-refractivity contribution in [2.24, 2.45) is 0 Å². The maximum atomic E-state index is 12.1. The summed E-state index contributed by atoms with van der Waals surface area (Å²) >= 11 is 8.19. The number of anilines is 3. The molecule has 0 saturated heterocycles. The highest BCUT2D eigenvalue weighted by Crippen LogP contribution is 2.24. The summed E-state index contributed by atoms with van der Waals surface area (Å²) in [6, 6.07) is 14.1. The first-order chi connectivity index (χ1) is 11.0. The van der Waals surface area contributed by atoms with E-state index in [9.17, 15) is 4.79 Å². The molecule has 0 atom stereocenters. The molecule has 116 valence electrons. The monoisotopic (exact) mass is 438 g/mol. The molecule has 7 heteroatoms. The number of nitrogens with zero attached hydrogens (tertiary/aromatic N) is 1. The number of benzene rings is 2. The third-order valence-corrected chi connectivity index (χ3v) is 3.87. The van der Waals surface area contributed by atoms with Crippen molar-refractivity contribution < 1.29 is 4.79 Å². The van der Waals surface area contributed by atoms with Crippen molar-refractivity contribution >= 4 is 57.2 Å². The van der Waals surface area contributed by atoms with E-state index in [1.165, 1.54) is 12.3 Å². The first-order valence-electron chi connectivity index (χ1n) is 6.48. The Bertz CT molecular complexity index is 797. The molecule has 2 rings (SSSR count). The molecule has 0 bridgehead atoms. The summed E-state index contributed by atoms with van der Waals surface area (Å²) in [7, 11) is 0. The molecule has 0 heterocycles. The van der Waals surface area contributed by atoms with Crippen LogP contribution in [0.5, 0.6) is 0 Å². The van der Waals surface area contributed by atoms with E-state index in [4.69, 9.17) is 22.6 Å². The molecule has 0 radical (unpaired) electrons. The molecule has 0 aliphatic carbocycles. The topological polar surface area (TPSA) is 90.9 Å². The van der Waals surface area contributed by atoms with Crippen molar-refractivity contribution in [3.05, 3.63) is 62.8 Å². The van der Waals surface area contributed by atoms with Gasteiger partial charge in [0.1, 0.15) is 11.6 Å². The van der Waals surface area contributed by atoms with E-state index in [0.717, 1.165) is 9.26 Å². The molecule has 0 fully saturated rings. The van der Waals surface area contributed by atoms with Crippen molar-refractivity contribution in [1.29, 1.82) is 5.26 Å². The van der Waals surface area contributed by atoms with Crippen molar-refractivity contribution in [3.63, 3.8) is 0 Å². The van der Waals surface area contributed by atoms with Crippen LogP contribution in [-0.2, 0) is 4.79 Å². The van der Waals surface area contributed by atoms with E-state index in [1.807, 2.05) is 30.3 Å². The van der Waals surface area contributed by atoms with Crippen LogP contribution in [0.4, 0.5) is 17.1 Å². The molecule has 1 amide bonds. The normalized spacial score (nSPS) is 10.7. The molecule has 0 saturated carbocycles. The number of nitrogens with one attached hydrogen (secondary N) is 2. The Hall–Kier alpha value is -2.24. The van der Waals surface area contributed by atoms with Gasteiger partial charge in [-0.1, -0.05) is 11.6 Å². The second kappa shape index (κ2) is 7.85. The molecule has 2 aromatic rings. The molecule has 4 N–H and O–H groups in total. The number of nitriles is 1. The van der Waals surface area contributed by atoms with Crippen LogP contribution < -0.4 is 16.4 Å².